The highest BCUT2D eigenvalue weighted by molar-refractivity contribution is 7.92. The molecule has 1 aromatic heterocycles. The lowest BCUT2D eigenvalue weighted by Gasteiger charge is -2.09. The first kappa shape index (κ1) is 13.9. The Morgan fingerprint density at radius 1 is 1.20 bits per heavy atom. The van der Waals surface area contributed by atoms with Gasteiger partial charge >= 0.3 is 0 Å². The summed E-state index contributed by atoms with van der Waals surface area (Å²) in [6.45, 7) is 0. The van der Waals surface area contributed by atoms with E-state index in [4.69, 9.17) is 0 Å². The number of pyridine rings is 1. The van der Waals surface area contributed by atoms with Crippen LogP contribution >= 0.6 is 0 Å². The van der Waals surface area contributed by atoms with Gasteiger partial charge in [-0.1, -0.05) is 0 Å². The molecule has 104 valence electrons. The van der Waals surface area contributed by atoms with E-state index in [0.717, 1.165) is 42.7 Å². The summed E-state index contributed by atoms with van der Waals surface area (Å²) in [4.78, 5) is 14.1. The van der Waals surface area contributed by atoms with Crippen molar-refractivity contribution in [1.82, 2.24) is 4.98 Å². The van der Waals surface area contributed by atoms with Gasteiger partial charge in [0.05, 0.1) is 22.7 Å². The van der Waals surface area contributed by atoms with Gasteiger partial charge < -0.3 is 9.90 Å². The number of hydrogen-bond acceptors (Lipinski definition) is 5. The van der Waals surface area contributed by atoms with Gasteiger partial charge in [0.2, 0.25) is 0 Å². The molecule has 0 saturated carbocycles. The van der Waals surface area contributed by atoms with Gasteiger partial charge in [0, 0.05) is 11.8 Å². The molecule has 0 unspecified atom stereocenters. The number of carbonyl (C=O) groups is 1. The Morgan fingerprint density at radius 2 is 1.85 bits per heavy atom. The van der Waals surface area contributed by atoms with Crippen molar-refractivity contribution < 1.29 is 22.7 Å². The van der Waals surface area contributed by atoms with Gasteiger partial charge in [-0.15, -0.1) is 0 Å². The number of hydrogen-bond donors (Lipinski definition) is 1. The molecule has 0 aliphatic rings. The second kappa shape index (κ2) is 5.25. The van der Waals surface area contributed by atoms with Crippen molar-refractivity contribution in [1.29, 1.82) is 0 Å². The average Bonchev–Trinajstić information content (AvgIpc) is 2.39. The minimum absolute atomic E-state index is 0.0315. The summed E-state index contributed by atoms with van der Waals surface area (Å²) in [5.74, 6) is -2.04. The van der Waals surface area contributed by atoms with Gasteiger partial charge in [-0.2, -0.15) is 0 Å². The molecule has 6 nitrogen and oxygen atoms in total. The van der Waals surface area contributed by atoms with Crippen LogP contribution in [0, 0.1) is 5.82 Å². The molecule has 0 radical (unpaired) electrons. The normalized spacial score (nSPS) is 11.1. The number of sulfonamides is 1. The van der Waals surface area contributed by atoms with Crippen LogP contribution in [0.1, 0.15) is 10.4 Å². The minimum atomic E-state index is -3.94. The van der Waals surface area contributed by atoms with Gasteiger partial charge in [0.25, 0.3) is 10.0 Å². The Balaban J connectivity index is 2.31. The molecule has 0 spiro atoms. The van der Waals surface area contributed by atoms with E-state index in [2.05, 4.69) is 9.71 Å². The molecule has 2 aromatic rings. The summed E-state index contributed by atoms with van der Waals surface area (Å²) in [7, 11) is -3.94. The minimum Gasteiger partial charge on any atom is -0.545 e. The lowest BCUT2D eigenvalue weighted by atomic mass is 10.3. The van der Waals surface area contributed by atoms with Gasteiger partial charge in [-0.05, 0) is 30.3 Å². The van der Waals surface area contributed by atoms with Crippen molar-refractivity contribution in [2.75, 3.05) is 4.72 Å². The number of aromatic nitrogens is 1. The number of rotatable bonds is 4. The Hall–Kier alpha value is -2.48. The van der Waals surface area contributed by atoms with Crippen LogP contribution in [0.2, 0.25) is 0 Å². The van der Waals surface area contributed by atoms with Crippen LogP contribution < -0.4 is 9.83 Å². The molecule has 8 heteroatoms. The van der Waals surface area contributed by atoms with E-state index in [1.807, 2.05) is 0 Å². The lowest BCUT2D eigenvalue weighted by Crippen LogP contribution is -2.22. The monoisotopic (exact) mass is 295 g/mol. The molecule has 0 amide bonds. The maximum atomic E-state index is 12.7. The molecule has 1 aromatic carbocycles. The van der Waals surface area contributed by atoms with Crippen LogP contribution in [0.5, 0.6) is 0 Å². The summed E-state index contributed by atoms with van der Waals surface area (Å²) >= 11 is 0. The average molecular weight is 295 g/mol. The van der Waals surface area contributed by atoms with Gasteiger partial charge in [0.15, 0.2) is 0 Å². The quantitative estimate of drug-likeness (QED) is 0.879. The van der Waals surface area contributed by atoms with E-state index < -0.39 is 21.8 Å². The van der Waals surface area contributed by atoms with Gasteiger partial charge in [-0.3, -0.25) is 9.71 Å². The van der Waals surface area contributed by atoms with E-state index in [1.165, 1.54) is 0 Å². The molecule has 0 aliphatic heterocycles. The largest absolute Gasteiger partial charge is 0.545 e. The Labute approximate surface area is 114 Å². The van der Waals surface area contributed by atoms with Crippen molar-refractivity contribution >= 4 is 21.7 Å². The molecule has 1 N–H and O–H groups in total. The second-order valence-electron chi connectivity index (χ2n) is 3.81. The highest BCUT2D eigenvalue weighted by Gasteiger charge is 2.14. The summed E-state index contributed by atoms with van der Waals surface area (Å²) in [5, 5.41) is 10.7. The maximum Gasteiger partial charge on any atom is 0.261 e. The highest BCUT2D eigenvalue weighted by atomic mass is 32.2. The number of carbonyl (C=O) groups excluding carboxylic acids is 1. The maximum absolute atomic E-state index is 12.7. The summed E-state index contributed by atoms with van der Waals surface area (Å²) in [5.41, 5.74) is -0.291. The standard InChI is InChI=1S/C12H9FN2O4S/c13-9-1-3-11(4-2-9)20(18,19)15-10-5-8(12(16)17)6-14-7-10/h1-7,15H,(H,16,17)/p-1. The Bertz CT molecular complexity index is 744. The van der Waals surface area contributed by atoms with Gasteiger partial charge in [0.1, 0.15) is 5.82 Å². The fourth-order valence-corrected chi connectivity index (χ4v) is 2.47. The van der Waals surface area contributed by atoms with E-state index in [0.29, 0.717) is 0 Å². The van der Waals surface area contributed by atoms with Crippen molar-refractivity contribution in [3.63, 3.8) is 0 Å². The van der Waals surface area contributed by atoms with Crippen LogP contribution in [-0.2, 0) is 10.0 Å². The first-order valence-electron chi connectivity index (χ1n) is 5.33. The van der Waals surface area contributed by atoms with E-state index in [1.54, 1.807) is 0 Å². The number of aromatic carboxylic acids is 1. The second-order valence-corrected chi connectivity index (χ2v) is 5.49. The van der Waals surface area contributed by atoms with Crippen LogP contribution in [0.15, 0.2) is 47.6 Å². The van der Waals surface area contributed by atoms with E-state index in [9.17, 15) is 22.7 Å². The van der Waals surface area contributed by atoms with Crippen molar-refractivity contribution in [3.05, 3.63) is 54.1 Å². The molecule has 1 heterocycles. The van der Waals surface area contributed by atoms with Crippen molar-refractivity contribution in [3.8, 4) is 0 Å². The molecule has 2 rings (SSSR count). The third-order valence-electron chi connectivity index (χ3n) is 2.35. The van der Waals surface area contributed by atoms with Crippen LogP contribution in [0.25, 0.3) is 0 Å². The van der Waals surface area contributed by atoms with E-state index in [-0.39, 0.29) is 16.1 Å². The molecule has 0 aliphatic carbocycles. The summed E-state index contributed by atoms with van der Waals surface area (Å²) in [6, 6.07) is 5.26. The fourth-order valence-electron chi connectivity index (χ4n) is 1.44. The number of benzene rings is 1. The summed E-state index contributed by atoms with van der Waals surface area (Å²) in [6.07, 6.45) is 2.18. The molecule has 0 fully saturated rings. The number of halogens is 1. The molecular weight excluding hydrogens is 287 g/mol. The molecule has 0 atom stereocenters. The number of anilines is 1. The predicted molar refractivity (Wildman–Crippen MR) is 65.8 cm³/mol. The van der Waals surface area contributed by atoms with Gasteiger partial charge in [-0.25, -0.2) is 12.8 Å². The topological polar surface area (TPSA) is 99.2 Å². The molecule has 0 saturated heterocycles. The number of carboxylic acid groups (broad SMARTS) is 1. The van der Waals surface area contributed by atoms with E-state index >= 15 is 0 Å². The first-order chi connectivity index (χ1) is 9.38. The smallest absolute Gasteiger partial charge is 0.261 e. The summed E-state index contributed by atoms with van der Waals surface area (Å²) < 4.78 is 38.8. The van der Waals surface area contributed by atoms with Crippen molar-refractivity contribution in [2.45, 2.75) is 4.90 Å². The number of nitrogens with one attached hydrogen (secondary N) is 1. The number of carboxylic acids is 1. The molecule has 20 heavy (non-hydrogen) atoms. The lowest BCUT2D eigenvalue weighted by molar-refractivity contribution is -0.255. The van der Waals surface area contributed by atoms with Crippen LogP contribution in [0.3, 0.4) is 0 Å². The highest BCUT2D eigenvalue weighted by Crippen LogP contribution is 2.16. The predicted octanol–water partition coefficient (Wildman–Crippen LogP) is 0.385. The van der Waals surface area contributed by atoms with Crippen molar-refractivity contribution in [2.24, 2.45) is 0 Å². The molecular formula is C12H8FN2O4S-. The number of nitrogens with zero attached hydrogens (tertiary/aromatic N) is 1. The molecule has 0 bridgehead atoms. The fraction of sp³-hybridized carbons (Fsp3) is 0. The third kappa shape index (κ3) is 3.09. The van der Waals surface area contributed by atoms with Crippen LogP contribution in [0.4, 0.5) is 10.1 Å². The SMILES string of the molecule is O=C([O-])c1cncc(NS(=O)(=O)c2ccc(F)cc2)c1. The van der Waals surface area contributed by atoms with Crippen LogP contribution in [-0.4, -0.2) is 19.4 Å². The Kier molecular flexibility index (Phi) is 3.66. The first-order valence-corrected chi connectivity index (χ1v) is 6.81. The zero-order chi connectivity index (χ0) is 14.8. The zero-order valence-corrected chi connectivity index (χ0v) is 10.7. The zero-order valence-electron chi connectivity index (χ0n) is 9.91. The third-order valence-corrected chi connectivity index (χ3v) is 3.75. The Morgan fingerprint density at radius 3 is 2.45 bits per heavy atom.